The van der Waals surface area contributed by atoms with Crippen molar-refractivity contribution >= 4 is 17.3 Å². The fourth-order valence-electron chi connectivity index (χ4n) is 2.41. The van der Waals surface area contributed by atoms with Crippen LogP contribution in [0.1, 0.15) is 25.7 Å². The van der Waals surface area contributed by atoms with Gasteiger partial charge in [0.1, 0.15) is 11.6 Å². The lowest BCUT2D eigenvalue weighted by atomic mass is 10.2. The van der Waals surface area contributed by atoms with E-state index in [0.717, 1.165) is 11.5 Å². The highest BCUT2D eigenvalue weighted by Crippen LogP contribution is 2.33. The summed E-state index contributed by atoms with van der Waals surface area (Å²) >= 11 is 0. The maximum absolute atomic E-state index is 11.7. The van der Waals surface area contributed by atoms with Crippen LogP contribution in [0, 0.1) is 0 Å². The first-order valence-electron chi connectivity index (χ1n) is 6.90. The molecule has 0 fully saturated rings. The van der Waals surface area contributed by atoms with Crippen molar-refractivity contribution in [2.24, 2.45) is 7.05 Å². The predicted octanol–water partition coefficient (Wildman–Crippen LogP) is 2.31. The fourth-order valence-corrected chi connectivity index (χ4v) is 2.41. The van der Waals surface area contributed by atoms with Crippen LogP contribution in [0.4, 0.5) is 11.4 Å². The third-order valence-electron chi connectivity index (χ3n) is 3.54. The third-order valence-corrected chi connectivity index (χ3v) is 3.54. The second-order valence-corrected chi connectivity index (χ2v) is 5.22. The Kier molecular flexibility index (Phi) is 3.29. The van der Waals surface area contributed by atoms with Gasteiger partial charge in [-0.25, -0.2) is 4.98 Å². The smallest absolute Gasteiger partial charge is 0.265 e. The molecule has 110 valence electrons. The largest absolute Gasteiger partial charge is 0.479 e. The molecule has 6 heteroatoms. The Morgan fingerprint density at radius 1 is 1.48 bits per heavy atom. The Labute approximate surface area is 123 Å². The van der Waals surface area contributed by atoms with E-state index in [1.807, 2.05) is 42.9 Å². The van der Waals surface area contributed by atoms with Crippen LogP contribution in [0.2, 0.25) is 0 Å². The zero-order chi connectivity index (χ0) is 15.0. The van der Waals surface area contributed by atoms with Crippen LogP contribution in [0.25, 0.3) is 0 Å². The van der Waals surface area contributed by atoms with Crippen molar-refractivity contribution in [2.75, 3.05) is 10.6 Å². The molecule has 0 spiro atoms. The molecule has 0 saturated carbocycles. The number of aromatic nitrogens is 2. The number of fused-ring (bicyclic) bond motifs is 1. The van der Waals surface area contributed by atoms with E-state index in [-0.39, 0.29) is 11.9 Å². The zero-order valence-corrected chi connectivity index (χ0v) is 12.3. The molecule has 2 atom stereocenters. The van der Waals surface area contributed by atoms with Crippen molar-refractivity contribution in [3.63, 3.8) is 0 Å². The summed E-state index contributed by atoms with van der Waals surface area (Å²) in [5.74, 6) is 1.51. The molecule has 2 N–H and O–H groups in total. The molecule has 0 aliphatic carbocycles. The van der Waals surface area contributed by atoms with E-state index >= 15 is 0 Å². The number of imidazole rings is 1. The fraction of sp³-hybridized carbons (Fsp3) is 0.333. The topological polar surface area (TPSA) is 68.2 Å². The SMILES string of the molecule is CC1Oc2ccc(NC(C)c3nccn3C)cc2NC1=O. The van der Waals surface area contributed by atoms with Crippen LogP contribution in [-0.2, 0) is 11.8 Å². The lowest BCUT2D eigenvalue weighted by Gasteiger charge is -2.24. The van der Waals surface area contributed by atoms with Crippen molar-refractivity contribution in [2.45, 2.75) is 26.0 Å². The minimum Gasteiger partial charge on any atom is -0.479 e. The minimum atomic E-state index is -0.456. The first-order chi connectivity index (χ1) is 10.0. The van der Waals surface area contributed by atoms with Gasteiger partial charge in [0.05, 0.1) is 11.7 Å². The molecule has 21 heavy (non-hydrogen) atoms. The molecule has 6 nitrogen and oxygen atoms in total. The summed E-state index contributed by atoms with van der Waals surface area (Å²) in [6.45, 7) is 3.77. The lowest BCUT2D eigenvalue weighted by molar-refractivity contribution is -0.122. The van der Waals surface area contributed by atoms with Crippen molar-refractivity contribution in [3.05, 3.63) is 36.4 Å². The summed E-state index contributed by atoms with van der Waals surface area (Å²) in [6.07, 6.45) is 3.23. The number of benzene rings is 1. The number of carbonyl (C=O) groups is 1. The quantitative estimate of drug-likeness (QED) is 0.908. The molecule has 1 aliphatic heterocycles. The van der Waals surface area contributed by atoms with Crippen LogP contribution < -0.4 is 15.4 Å². The molecular formula is C15H18N4O2. The number of rotatable bonds is 3. The molecular weight excluding hydrogens is 268 g/mol. The first kappa shape index (κ1) is 13.5. The third kappa shape index (κ3) is 2.56. The summed E-state index contributed by atoms with van der Waals surface area (Å²) < 4.78 is 7.51. The second kappa shape index (κ2) is 5.12. The molecule has 3 rings (SSSR count). The normalized spacial score (nSPS) is 18.4. The molecule has 2 aromatic rings. The lowest BCUT2D eigenvalue weighted by Crippen LogP contribution is -2.34. The number of carbonyl (C=O) groups excluding carboxylic acids is 1. The summed E-state index contributed by atoms with van der Waals surface area (Å²) in [6, 6.07) is 5.72. The average molecular weight is 286 g/mol. The number of amides is 1. The van der Waals surface area contributed by atoms with E-state index in [2.05, 4.69) is 15.6 Å². The van der Waals surface area contributed by atoms with Crippen molar-refractivity contribution < 1.29 is 9.53 Å². The van der Waals surface area contributed by atoms with Crippen LogP contribution in [0.15, 0.2) is 30.6 Å². The van der Waals surface area contributed by atoms with Gasteiger partial charge in [-0.3, -0.25) is 4.79 Å². The zero-order valence-electron chi connectivity index (χ0n) is 12.3. The number of hydrogen-bond acceptors (Lipinski definition) is 4. The van der Waals surface area contributed by atoms with E-state index < -0.39 is 6.10 Å². The van der Waals surface area contributed by atoms with E-state index in [4.69, 9.17) is 4.74 Å². The molecule has 2 heterocycles. The number of ether oxygens (including phenoxy) is 1. The highest BCUT2D eigenvalue weighted by Gasteiger charge is 2.23. The number of aryl methyl sites for hydroxylation is 1. The average Bonchev–Trinajstić information content (AvgIpc) is 2.87. The maximum Gasteiger partial charge on any atom is 0.265 e. The molecule has 1 aliphatic rings. The van der Waals surface area contributed by atoms with E-state index in [1.54, 1.807) is 13.1 Å². The second-order valence-electron chi connectivity index (χ2n) is 5.22. The monoisotopic (exact) mass is 286 g/mol. The molecule has 0 saturated heterocycles. The Balaban J connectivity index is 1.80. The summed E-state index contributed by atoms with van der Waals surface area (Å²) in [4.78, 5) is 16.0. The van der Waals surface area contributed by atoms with Gasteiger partial charge in [0.25, 0.3) is 5.91 Å². The minimum absolute atomic E-state index is 0.0576. The Bertz CT molecular complexity index is 680. The van der Waals surface area contributed by atoms with E-state index in [9.17, 15) is 4.79 Å². The van der Waals surface area contributed by atoms with Crippen LogP contribution in [0.3, 0.4) is 0 Å². The molecule has 1 aromatic carbocycles. The standard InChI is InChI=1S/C15H18N4O2/c1-9(14-16-6-7-19(14)3)17-11-4-5-13-12(8-11)18-15(20)10(2)21-13/h4-10,17H,1-3H3,(H,18,20). The number of anilines is 2. The number of hydrogen-bond donors (Lipinski definition) is 2. The summed E-state index contributed by atoms with van der Waals surface area (Å²) in [5, 5.41) is 6.22. The van der Waals surface area contributed by atoms with Gasteiger partial charge >= 0.3 is 0 Å². The Morgan fingerprint density at radius 3 is 3.00 bits per heavy atom. The van der Waals surface area contributed by atoms with Crippen LogP contribution in [-0.4, -0.2) is 21.6 Å². The summed E-state index contributed by atoms with van der Waals surface area (Å²) in [5.41, 5.74) is 1.60. The molecule has 0 radical (unpaired) electrons. The summed E-state index contributed by atoms with van der Waals surface area (Å²) in [7, 11) is 1.96. The van der Waals surface area contributed by atoms with Gasteiger partial charge in [0.15, 0.2) is 6.10 Å². The molecule has 2 unspecified atom stereocenters. The van der Waals surface area contributed by atoms with Gasteiger partial charge in [0, 0.05) is 25.1 Å². The number of nitrogens with zero attached hydrogens (tertiary/aromatic N) is 2. The Morgan fingerprint density at radius 2 is 2.29 bits per heavy atom. The van der Waals surface area contributed by atoms with Crippen LogP contribution >= 0.6 is 0 Å². The highest BCUT2D eigenvalue weighted by atomic mass is 16.5. The van der Waals surface area contributed by atoms with Crippen LogP contribution in [0.5, 0.6) is 5.75 Å². The molecule has 1 amide bonds. The van der Waals surface area contributed by atoms with Crippen molar-refractivity contribution in [1.82, 2.24) is 9.55 Å². The predicted molar refractivity (Wildman–Crippen MR) is 80.4 cm³/mol. The van der Waals surface area contributed by atoms with Gasteiger partial charge in [-0.2, -0.15) is 0 Å². The number of nitrogens with one attached hydrogen (secondary N) is 2. The van der Waals surface area contributed by atoms with Crippen molar-refractivity contribution in [1.29, 1.82) is 0 Å². The van der Waals surface area contributed by atoms with E-state index in [0.29, 0.717) is 11.4 Å². The molecule has 0 bridgehead atoms. The first-order valence-corrected chi connectivity index (χ1v) is 6.90. The Hall–Kier alpha value is -2.50. The molecule has 1 aromatic heterocycles. The maximum atomic E-state index is 11.7. The van der Waals surface area contributed by atoms with Gasteiger partial charge in [-0.05, 0) is 32.0 Å². The van der Waals surface area contributed by atoms with E-state index in [1.165, 1.54) is 0 Å². The van der Waals surface area contributed by atoms with Gasteiger partial charge in [-0.15, -0.1) is 0 Å². The van der Waals surface area contributed by atoms with Gasteiger partial charge < -0.3 is 19.9 Å². The van der Waals surface area contributed by atoms with Crippen molar-refractivity contribution in [3.8, 4) is 5.75 Å². The van der Waals surface area contributed by atoms with Gasteiger partial charge in [0.2, 0.25) is 0 Å². The highest BCUT2D eigenvalue weighted by molar-refractivity contribution is 5.98. The van der Waals surface area contributed by atoms with Gasteiger partial charge in [-0.1, -0.05) is 0 Å².